The number of pyridine rings is 1. The molecule has 0 radical (unpaired) electrons. The number of hydrogen-bond acceptors (Lipinski definition) is 8. The number of halogens is 3. The van der Waals surface area contributed by atoms with Gasteiger partial charge in [0, 0.05) is 24.8 Å². The Kier molecular flexibility index (Phi) is 4.41. The molecule has 0 bridgehead atoms. The molecule has 0 aromatic carbocycles. The van der Waals surface area contributed by atoms with Gasteiger partial charge in [-0.25, -0.2) is 9.98 Å². The predicted molar refractivity (Wildman–Crippen MR) is 85.7 cm³/mol. The fraction of sp³-hybridized carbons (Fsp3) is 0.500. The highest BCUT2D eigenvalue weighted by Gasteiger charge is 2.35. The number of alkyl halides is 3. The number of aliphatic imine (C=N–C) groups is 2. The molecule has 2 aliphatic rings. The predicted octanol–water partition coefficient (Wildman–Crippen LogP) is 0.604. The zero-order valence-corrected chi connectivity index (χ0v) is 13.3. The summed E-state index contributed by atoms with van der Waals surface area (Å²) in [6.07, 6.45) is -0.813. The minimum atomic E-state index is -4.51. The van der Waals surface area contributed by atoms with Crippen LogP contribution in [0.5, 0.6) is 0 Å². The molecule has 0 saturated carbocycles. The van der Waals surface area contributed by atoms with Crippen molar-refractivity contribution in [2.75, 3.05) is 24.6 Å². The van der Waals surface area contributed by atoms with Gasteiger partial charge in [0.2, 0.25) is 11.7 Å². The maximum absolute atomic E-state index is 12.3. The molecular weight excluding hydrogens is 339 g/mol. The maximum atomic E-state index is 12.3. The topological polar surface area (TPSA) is 114 Å². The number of nitrogens with zero attached hydrogens (tertiary/aromatic N) is 4. The van der Waals surface area contributed by atoms with Crippen LogP contribution in [0, 0.1) is 0 Å². The van der Waals surface area contributed by atoms with E-state index in [0.717, 1.165) is 25.9 Å². The summed E-state index contributed by atoms with van der Waals surface area (Å²) in [6.45, 7) is 0.242. The molecule has 0 amide bonds. The van der Waals surface area contributed by atoms with Crippen LogP contribution in [0.15, 0.2) is 28.3 Å². The van der Waals surface area contributed by atoms with Crippen molar-refractivity contribution in [2.45, 2.75) is 24.8 Å². The highest BCUT2D eigenvalue weighted by atomic mass is 19.4. The summed E-state index contributed by atoms with van der Waals surface area (Å²) in [5.41, 5.74) is 12.2. The van der Waals surface area contributed by atoms with E-state index in [4.69, 9.17) is 11.5 Å². The van der Waals surface area contributed by atoms with Gasteiger partial charge in [-0.1, -0.05) is 0 Å². The first-order chi connectivity index (χ1) is 11.8. The lowest BCUT2D eigenvalue weighted by atomic mass is 10.1. The fourth-order valence-corrected chi connectivity index (χ4v) is 2.64. The highest BCUT2D eigenvalue weighted by molar-refractivity contribution is 5.97. The van der Waals surface area contributed by atoms with Gasteiger partial charge in [-0.2, -0.15) is 18.2 Å². The van der Waals surface area contributed by atoms with Crippen molar-refractivity contribution in [3.8, 4) is 0 Å². The van der Waals surface area contributed by atoms with E-state index in [1.54, 1.807) is 18.3 Å². The largest absolute Gasteiger partial charge is 0.455 e. The van der Waals surface area contributed by atoms with Crippen LogP contribution in [0.2, 0.25) is 0 Å². The third kappa shape index (κ3) is 4.10. The van der Waals surface area contributed by atoms with Gasteiger partial charge in [0.05, 0.1) is 0 Å². The molecule has 3 rings (SSSR count). The van der Waals surface area contributed by atoms with Crippen LogP contribution in [-0.2, 0) is 10.5 Å². The molecule has 1 aromatic heterocycles. The Hall–Kier alpha value is -2.56. The molecule has 3 heterocycles. The van der Waals surface area contributed by atoms with Gasteiger partial charge in [-0.15, -0.1) is 0 Å². The van der Waals surface area contributed by atoms with Crippen LogP contribution < -0.4 is 21.7 Å². The first-order valence-corrected chi connectivity index (χ1v) is 7.67. The summed E-state index contributed by atoms with van der Waals surface area (Å²) in [7, 11) is 0. The van der Waals surface area contributed by atoms with Crippen LogP contribution in [0.3, 0.4) is 0 Å². The van der Waals surface area contributed by atoms with Crippen LogP contribution in [0.4, 0.5) is 19.0 Å². The molecule has 0 spiro atoms. The number of hydrogen-bond donors (Lipinski definition) is 3. The standard InChI is InChI=1S/C14H18F3N7O/c15-13(16,17)8-25-12-21-11(18)22-14(19,23-12)9-3-4-20-10(7-9)24-5-1-2-6-24/h3-4,7H,1-2,5-6,8,19H2,(H3,18,21,22,23). The Morgan fingerprint density at radius 3 is 2.68 bits per heavy atom. The molecule has 5 N–H and O–H groups in total. The number of rotatable bonds is 3. The molecule has 0 aliphatic carbocycles. The van der Waals surface area contributed by atoms with E-state index < -0.39 is 24.6 Å². The molecule has 136 valence electrons. The van der Waals surface area contributed by atoms with Gasteiger partial charge in [0.1, 0.15) is 5.82 Å². The molecule has 1 atom stereocenters. The molecule has 1 unspecified atom stereocenters. The molecule has 25 heavy (non-hydrogen) atoms. The number of guanidine groups is 1. The zero-order chi connectivity index (χ0) is 18.1. The van der Waals surface area contributed by atoms with E-state index in [1.165, 1.54) is 0 Å². The van der Waals surface area contributed by atoms with E-state index in [9.17, 15) is 13.2 Å². The molecule has 8 nitrogen and oxygen atoms in total. The van der Waals surface area contributed by atoms with Crippen molar-refractivity contribution >= 4 is 17.8 Å². The fourth-order valence-electron chi connectivity index (χ4n) is 2.64. The van der Waals surface area contributed by atoms with Crippen molar-refractivity contribution in [1.82, 2.24) is 10.3 Å². The molecule has 11 heteroatoms. The summed E-state index contributed by atoms with van der Waals surface area (Å²) >= 11 is 0. The number of nitrogens with one attached hydrogen (secondary N) is 1. The Labute approximate surface area is 141 Å². The molecule has 1 aromatic rings. The van der Waals surface area contributed by atoms with Gasteiger partial charge in [-0.3, -0.25) is 11.1 Å². The number of nitrogens with two attached hydrogens (primary N) is 2. The van der Waals surface area contributed by atoms with E-state index in [2.05, 4.69) is 29.9 Å². The monoisotopic (exact) mass is 357 g/mol. The Balaban J connectivity index is 1.86. The third-order valence-corrected chi connectivity index (χ3v) is 3.77. The maximum Gasteiger partial charge on any atom is 0.422 e. The van der Waals surface area contributed by atoms with E-state index in [1.807, 2.05) is 0 Å². The lowest BCUT2D eigenvalue weighted by Gasteiger charge is -2.28. The lowest BCUT2D eigenvalue weighted by Crippen LogP contribution is -2.49. The molecular formula is C14H18F3N7O. The minimum Gasteiger partial charge on any atom is -0.455 e. The molecule has 1 fully saturated rings. The van der Waals surface area contributed by atoms with Gasteiger partial charge in [0.25, 0.3) is 6.02 Å². The van der Waals surface area contributed by atoms with Gasteiger partial charge < -0.3 is 15.4 Å². The quantitative estimate of drug-likeness (QED) is 0.730. The number of ether oxygens (including phenoxy) is 1. The average Bonchev–Trinajstić information content (AvgIpc) is 3.06. The smallest absolute Gasteiger partial charge is 0.422 e. The molecule has 2 aliphatic heterocycles. The summed E-state index contributed by atoms with van der Waals surface area (Å²) in [4.78, 5) is 14.4. The third-order valence-electron chi connectivity index (χ3n) is 3.77. The molecule has 1 saturated heterocycles. The summed E-state index contributed by atoms with van der Waals surface area (Å²) in [5, 5.41) is 2.33. The Bertz CT molecular complexity index is 700. The Morgan fingerprint density at radius 2 is 2.00 bits per heavy atom. The van der Waals surface area contributed by atoms with Crippen LogP contribution in [0.25, 0.3) is 0 Å². The SMILES string of the molecule is NC1=NC(N)(c2ccnc(N3CCCC3)c2)N=C(OCC(F)(F)F)N1. The second-order valence-electron chi connectivity index (χ2n) is 5.77. The normalized spacial score (nSPS) is 23.8. The lowest BCUT2D eigenvalue weighted by molar-refractivity contribution is -0.156. The van der Waals surface area contributed by atoms with Crippen molar-refractivity contribution in [2.24, 2.45) is 21.5 Å². The van der Waals surface area contributed by atoms with Gasteiger partial charge >= 0.3 is 6.18 Å². The van der Waals surface area contributed by atoms with E-state index >= 15 is 0 Å². The minimum absolute atomic E-state index is 0.186. The summed E-state index contributed by atoms with van der Waals surface area (Å²) in [5.74, 6) is -1.16. The zero-order valence-electron chi connectivity index (χ0n) is 13.3. The highest BCUT2D eigenvalue weighted by Crippen LogP contribution is 2.27. The van der Waals surface area contributed by atoms with Crippen molar-refractivity contribution < 1.29 is 17.9 Å². The Morgan fingerprint density at radius 1 is 1.28 bits per heavy atom. The van der Waals surface area contributed by atoms with Crippen LogP contribution in [-0.4, -0.2) is 42.8 Å². The summed E-state index contributed by atoms with van der Waals surface area (Å²) in [6, 6.07) is 2.86. The second-order valence-corrected chi connectivity index (χ2v) is 5.77. The summed E-state index contributed by atoms with van der Waals surface area (Å²) < 4.78 is 41.6. The van der Waals surface area contributed by atoms with Gasteiger partial charge in [-0.05, 0) is 25.0 Å². The van der Waals surface area contributed by atoms with Crippen molar-refractivity contribution in [1.29, 1.82) is 0 Å². The average molecular weight is 357 g/mol. The van der Waals surface area contributed by atoms with Gasteiger partial charge in [0.15, 0.2) is 6.61 Å². The number of aromatic nitrogens is 1. The first kappa shape index (κ1) is 17.3. The number of amidine groups is 1. The van der Waals surface area contributed by atoms with Crippen molar-refractivity contribution in [3.05, 3.63) is 23.9 Å². The van der Waals surface area contributed by atoms with Crippen molar-refractivity contribution in [3.63, 3.8) is 0 Å². The van der Waals surface area contributed by atoms with Crippen LogP contribution >= 0.6 is 0 Å². The second kappa shape index (κ2) is 6.39. The number of anilines is 1. The van der Waals surface area contributed by atoms with E-state index in [-0.39, 0.29) is 5.96 Å². The van der Waals surface area contributed by atoms with Crippen LogP contribution in [0.1, 0.15) is 18.4 Å². The first-order valence-electron chi connectivity index (χ1n) is 7.67. The van der Waals surface area contributed by atoms with E-state index in [0.29, 0.717) is 11.4 Å².